The van der Waals surface area contributed by atoms with Gasteiger partial charge in [-0.05, 0) is 42.6 Å². The van der Waals surface area contributed by atoms with Crippen molar-refractivity contribution in [1.82, 2.24) is 14.7 Å². The Morgan fingerprint density at radius 2 is 2.19 bits per heavy atom. The summed E-state index contributed by atoms with van der Waals surface area (Å²) >= 11 is 6.98. The zero-order valence-electron chi connectivity index (χ0n) is 15.3. The van der Waals surface area contributed by atoms with Crippen molar-refractivity contribution in [1.29, 1.82) is 0 Å². The minimum atomic E-state index is 0.245. The topological polar surface area (TPSA) is 52.7 Å². The number of rotatable bonds is 6. The molecule has 1 saturated heterocycles. The number of thiophene rings is 1. The largest absolute Gasteiger partial charge is 0.497 e. The summed E-state index contributed by atoms with van der Waals surface area (Å²) in [5.74, 6) is 2.21. The van der Waals surface area contributed by atoms with Crippen LogP contribution in [0.15, 0.2) is 40.1 Å². The highest BCUT2D eigenvalue weighted by Gasteiger charge is 2.29. The first-order valence-electron chi connectivity index (χ1n) is 8.77. The molecule has 0 saturated carbocycles. The summed E-state index contributed by atoms with van der Waals surface area (Å²) in [6.45, 7) is 1.57. The third kappa shape index (κ3) is 3.65. The van der Waals surface area contributed by atoms with E-state index >= 15 is 0 Å². The predicted octanol–water partition coefficient (Wildman–Crippen LogP) is 4.75. The first-order valence-corrected chi connectivity index (χ1v) is 10.1. The van der Waals surface area contributed by atoms with Crippen molar-refractivity contribution in [2.45, 2.75) is 25.6 Å². The number of nitrogens with zero attached hydrogens (tertiary/aromatic N) is 3. The van der Waals surface area contributed by atoms with E-state index < -0.39 is 0 Å². The second-order valence-electron chi connectivity index (χ2n) is 6.37. The maximum atomic E-state index is 5.69. The van der Waals surface area contributed by atoms with E-state index in [1.54, 1.807) is 30.2 Å². The number of benzene rings is 1. The zero-order valence-corrected chi connectivity index (χ0v) is 16.9. The Hall–Kier alpha value is -2.16. The average Bonchev–Trinajstić information content (AvgIpc) is 3.43. The molecule has 0 aliphatic carbocycles. The minimum absolute atomic E-state index is 0.245. The van der Waals surface area contributed by atoms with Gasteiger partial charge >= 0.3 is 0 Å². The van der Waals surface area contributed by atoms with Crippen molar-refractivity contribution < 1.29 is 13.9 Å². The second kappa shape index (κ2) is 7.84. The molecule has 8 heteroatoms. The van der Waals surface area contributed by atoms with Gasteiger partial charge in [0.05, 0.1) is 25.8 Å². The maximum Gasteiger partial charge on any atom is 0.288 e. The Bertz CT molecular complexity index is 965. The monoisotopic (exact) mass is 403 g/mol. The van der Waals surface area contributed by atoms with E-state index in [9.17, 15) is 0 Å². The third-order valence-corrected chi connectivity index (χ3v) is 5.97. The van der Waals surface area contributed by atoms with Gasteiger partial charge in [-0.2, -0.15) is 0 Å². The maximum absolute atomic E-state index is 5.69. The number of hydrogen-bond donors (Lipinski definition) is 0. The van der Waals surface area contributed by atoms with Crippen molar-refractivity contribution in [2.24, 2.45) is 0 Å². The summed E-state index contributed by atoms with van der Waals surface area (Å²) in [6.07, 6.45) is 2.18. The van der Waals surface area contributed by atoms with Gasteiger partial charge in [-0.3, -0.25) is 4.90 Å². The van der Waals surface area contributed by atoms with Gasteiger partial charge in [-0.1, -0.05) is 12.1 Å². The summed E-state index contributed by atoms with van der Waals surface area (Å²) in [5, 5.41) is 6.58. The third-order valence-electron chi connectivity index (χ3n) is 4.82. The molecule has 0 radical (unpaired) electrons. The molecule has 27 heavy (non-hydrogen) atoms. The van der Waals surface area contributed by atoms with Gasteiger partial charge in [0.2, 0.25) is 0 Å². The van der Waals surface area contributed by atoms with Crippen LogP contribution in [0.3, 0.4) is 0 Å². The van der Waals surface area contributed by atoms with Crippen LogP contribution < -0.4 is 9.47 Å². The number of ether oxygens (including phenoxy) is 2. The molecular formula is C19H21N3O3S2. The fourth-order valence-corrected chi connectivity index (χ4v) is 4.33. The molecule has 0 bridgehead atoms. The van der Waals surface area contributed by atoms with Crippen molar-refractivity contribution in [3.63, 3.8) is 0 Å². The van der Waals surface area contributed by atoms with Gasteiger partial charge in [-0.15, -0.1) is 16.4 Å². The first kappa shape index (κ1) is 18.2. The van der Waals surface area contributed by atoms with Crippen LogP contribution in [0.5, 0.6) is 11.5 Å². The van der Waals surface area contributed by atoms with Gasteiger partial charge < -0.3 is 13.9 Å². The first-order chi connectivity index (χ1) is 13.2. The van der Waals surface area contributed by atoms with Gasteiger partial charge in [0.25, 0.3) is 10.7 Å². The van der Waals surface area contributed by atoms with Crippen molar-refractivity contribution in [2.75, 3.05) is 20.8 Å². The highest BCUT2D eigenvalue weighted by molar-refractivity contribution is 7.71. The second-order valence-corrected chi connectivity index (χ2v) is 7.67. The van der Waals surface area contributed by atoms with Gasteiger partial charge in [-0.25, -0.2) is 4.68 Å². The molecule has 0 N–H and O–H groups in total. The molecule has 3 aromatic rings. The van der Waals surface area contributed by atoms with Crippen molar-refractivity contribution in [3.05, 3.63) is 46.1 Å². The van der Waals surface area contributed by atoms with Gasteiger partial charge in [0, 0.05) is 24.2 Å². The Kier molecular flexibility index (Phi) is 5.29. The van der Waals surface area contributed by atoms with Crippen molar-refractivity contribution in [3.8, 4) is 22.3 Å². The molecule has 4 rings (SSSR count). The van der Waals surface area contributed by atoms with E-state index in [0.717, 1.165) is 41.3 Å². The molecule has 1 atom stereocenters. The fourth-order valence-electron chi connectivity index (χ4n) is 3.51. The highest BCUT2D eigenvalue weighted by Crippen LogP contribution is 2.39. The predicted molar refractivity (Wildman–Crippen MR) is 107 cm³/mol. The van der Waals surface area contributed by atoms with Crippen LogP contribution in [0.1, 0.15) is 24.4 Å². The summed E-state index contributed by atoms with van der Waals surface area (Å²) in [4.78, 5) is 3.74. The molecule has 3 heterocycles. The van der Waals surface area contributed by atoms with Crippen molar-refractivity contribution >= 4 is 23.6 Å². The molecule has 0 spiro atoms. The number of aromatic nitrogens is 2. The van der Waals surface area contributed by atoms with Crippen LogP contribution in [0.4, 0.5) is 0 Å². The zero-order chi connectivity index (χ0) is 18.8. The van der Waals surface area contributed by atoms with Crippen LogP contribution in [-0.2, 0) is 6.67 Å². The lowest BCUT2D eigenvalue weighted by Gasteiger charge is -2.25. The molecule has 0 amide bonds. The van der Waals surface area contributed by atoms with Gasteiger partial charge in [0.1, 0.15) is 11.5 Å². The lowest BCUT2D eigenvalue weighted by atomic mass is 10.0. The van der Waals surface area contributed by atoms with E-state index in [1.165, 1.54) is 0 Å². The Balaban J connectivity index is 1.59. The molecule has 1 fully saturated rings. The normalized spacial score (nSPS) is 17.3. The standard InChI is InChI=1S/C19H21N3O3S2/c1-23-13-7-8-14(16(11-13)24-2)15-5-3-9-21(15)12-22-19(26)25-18(20-22)17-6-4-10-27-17/h4,6-8,10-11,15H,3,5,9,12H2,1-2H3/t15-/m0/s1. The van der Waals surface area contributed by atoms with Gasteiger partial charge in [0.15, 0.2) is 0 Å². The molecule has 0 unspecified atom stereocenters. The lowest BCUT2D eigenvalue weighted by molar-refractivity contribution is 0.185. The Morgan fingerprint density at radius 1 is 1.30 bits per heavy atom. The number of methoxy groups -OCH3 is 2. The summed E-state index contributed by atoms with van der Waals surface area (Å²) in [5.41, 5.74) is 1.16. The number of likely N-dealkylation sites (tertiary alicyclic amines) is 1. The smallest absolute Gasteiger partial charge is 0.288 e. The number of hydrogen-bond acceptors (Lipinski definition) is 7. The Labute approximate surface area is 166 Å². The lowest BCUT2D eigenvalue weighted by Crippen LogP contribution is -2.27. The molecule has 1 aromatic carbocycles. The van der Waals surface area contributed by atoms with Crippen LogP contribution in [-0.4, -0.2) is 35.4 Å². The van der Waals surface area contributed by atoms with E-state index in [1.807, 2.05) is 29.6 Å². The minimum Gasteiger partial charge on any atom is -0.497 e. The molecule has 142 valence electrons. The van der Waals surface area contributed by atoms with E-state index in [0.29, 0.717) is 17.4 Å². The van der Waals surface area contributed by atoms with Crippen LogP contribution in [0, 0.1) is 4.84 Å². The molecule has 1 aliphatic rings. The van der Waals surface area contributed by atoms with Crippen LogP contribution >= 0.6 is 23.6 Å². The van der Waals surface area contributed by atoms with E-state index in [-0.39, 0.29) is 6.04 Å². The SMILES string of the molecule is COc1ccc([C@@H]2CCCN2Cn2nc(-c3cccs3)oc2=S)c(OC)c1. The summed E-state index contributed by atoms with van der Waals surface area (Å²) in [6, 6.07) is 10.2. The van der Waals surface area contributed by atoms with E-state index in [2.05, 4.69) is 16.1 Å². The molecule has 2 aromatic heterocycles. The summed E-state index contributed by atoms with van der Waals surface area (Å²) in [7, 11) is 3.35. The van der Waals surface area contributed by atoms with Crippen LogP contribution in [0.2, 0.25) is 0 Å². The average molecular weight is 404 g/mol. The highest BCUT2D eigenvalue weighted by atomic mass is 32.1. The molecular weight excluding hydrogens is 382 g/mol. The molecule has 6 nitrogen and oxygen atoms in total. The van der Waals surface area contributed by atoms with Crippen LogP contribution in [0.25, 0.3) is 10.8 Å². The molecule has 1 aliphatic heterocycles. The van der Waals surface area contributed by atoms with E-state index in [4.69, 9.17) is 26.1 Å². The Morgan fingerprint density at radius 3 is 2.93 bits per heavy atom. The fraction of sp³-hybridized carbons (Fsp3) is 0.368. The summed E-state index contributed by atoms with van der Waals surface area (Å²) < 4.78 is 18.4. The quantitative estimate of drug-likeness (QED) is 0.554.